The number of nitrogens with one attached hydrogen (secondary N) is 1. The van der Waals surface area contributed by atoms with E-state index in [1.165, 1.54) is 0 Å². The molecule has 5 heteroatoms. The minimum absolute atomic E-state index is 0.0486. The summed E-state index contributed by atoms with van der Waals surface area (Å²) in [6.45, 7) is 4.77. The summed E-state index contributed by atoms with van der Waals surface area (Å²) in [6.07, 6.45) is 0.692. The van der Waals surface area contributed by atoms with Crippen LogP contribution in [0.3, 0.4) is 0 Å². The first-order valence-corrected chi connectivity index (χ1v) is 6.01. The van der Waals surface area contributed by atoms with Gasteiger partial charge in [0.15, 0.2) is 0 Å². The van der Waals surface area contributed by atoms with Crippen LogP contribution in [-0.4, -0.2) is 37.2 Å². The highest BCUT2D eigenvalue weighted by molar-refractivity contribution is 5.95. The van der Waals surface area contributed by atoms with Crippen LogP contribution in [0, 0.1) is 13.8 Å². The summed E-state index contributed by atoms with van der Waals surface area (Å²) in [6, 6.07) is 3.58. The molecule has 0 aliphatic rings. The maximum absolute atomic E-state index is 11.9. The maximum Gasteiger partial charge on any atom is 0.253 e. The molecular formula is C13H21N3O2. The van der Waals surface area contributed by atoms with E-state index in [-0.39, 0.29) is 11.9 Å². The lowest BCUT2D eigenvalue weighted by molar-refractivity contribution is 0.0949. The number of ether oxygens (including phenoxy) is 1. The summed E-state index contributed by atoms with van der Waals surface area (Å²) < 4.78 is 4.93. The Balaban J connectivity index is 2.45. The van der Waals surface area contributed by atoms with Crippen molar-refractivity contribution in [2.24, 2.45) is 5.73 Å². The minimum Gasteiger partial charge on any atom is -0.383 e. The number of aromatic nitrogens is 1. The number of aryl methyl sites for hydroxylation is 2. The standard InChI is InChI=1S/C13H21N3O2/c1-9-4-5-12(10(2)16-9)13(17)15-7-6-11(14)8-18-3/h4-5,11H,6-8,14H2,1-3H3,(H,15,17). The summed E-state index contributed by atoms with van der Waals surface area (Å²) >= 11 is 0. The Hall–Kier alpha value is -1.46. The van der Waals surface area contributed by atoms with Crippen molar-refractivity contribution >= 4 is 5.91 Å². The Morgan fingerprint density at radius 2 is 2.22 bits per heavy atom. The van der Waals surface area contributed by atoms with Crippen LogP contribution in [0.5, 0.6) is 0 Å². The van der Waals surface area contributed by atoms with Gasteiger partial charge in [-0.15, -0.1) is 0 Å². The van der Waals surface area contributed by atoms with Gasteiger partial charge in [0, 0.05) is 25.4 Å². The zero-order valence-electron chi connectivity index (χ0n) is 11.2. The van der Waals surface area contributed by atoms with Crippen molar-refractivity contribution in [2.45, 2.75) is 26.3 Å². The highest BCUT2D eigenvalue weighted by atomic mass is 16.5. The van der Waals surface area contributed by atoms with Crippen molar-refractivity contribution in [1.82, 2.24) is 10.3 Å². The van der Waals surface area contributed by atoms with Gasteiger partial charge < -0.3 is 15.8 Å². The van der Waals surface area contributed by atoms with Gasteiger partial charge in [-0.05, 0) is 32.4 Å². The molecule has 1 aromatic rings. The number of carbonyl (C=O) groups is 1. The normalized spacial score (nSPS) is 12.2. The molecule has 0 aliphatic heterocycles. The second kappa shape index (κ2) is 7.08. The molecule has 0 saturated heterocycles. The predicted molar refractivity (Wildman–Crippen MR) is 70.5 cm³/mol. The molecule has 18 heavy (non-hydrogen) atoms. The Morgan fingerprint density at radius 1 is 1.50 bits per heavy atom. The summed E-state index contributed by atoms with van der Waals surface area (Å²) in [5, 5.41) is 2.83. The van der Waals surface area contributed by atoms with Crippen molar-refractivity contribution in [1.29, 1.82) is 0 Å². The minimum atomic E-state index is -0.107. The second-order valence-corrected chi connectivity index (χ2v) is 4.35. The first kappa shape index (κ1) is 14.6. The van der Waals surface area contributed by atoms with E-state index in [0.717, 1.165) is 11.4 Å². The van der Waals surface area contributed by atoms with Crippen LogP contribution in [0.4, 0.5) is 0 Å². The van der Waals surface area contributed by atoms with Gasteiger partial charge in [0.2, 0.25) is 0 Å². The van der Waals surface area contributed by atoms with Crippen molar-refractivity contribution in [3.05, 3.63) is 29.1 Å². The average molecular weight is 251 g/mol. The molecule has 3 N–H and O–H groups in total. The summed E-state index contributed by atoms with van der Waals surface area (Å²) in [5.74, 6) is -0.107. The topological polar surface area (TPSA) is 77.2 Å². The Kier molecular flexibility index (Phi) is 5.74. The molecule has 1 rings (SSSR count). The molecule has 1 heterocycles. The smallest absolute Gasteiger partial charge is 0.253 e. The number of nitrogens with two attached hydrogens (primary N) is 1. The Labute approximate surface area is 108 Å². The lowest BCUT2D eigenvalue weighted by atomic mass is 10.1. The molecule has 1 atom stereocenters. The van der Waals surface area contributed by atoms with Gasteiger partial charge in [0.25, 0.3) is 5.91 Å². The van der Waals surface area contributed by atoms with E-state index in [1.54, 1.807) is 13.2 Å². The quantitative estimate of drug-likeness (QED) is 0.783. The number of pyridine rings is 1. The van der Waals surface area contributed by atoms with Crippen LogP contribution in [0.25, 0.3) is 0 Å². The number of methoxy groups -OCH3 is 1. The van der Waals surface area contributed by atoms with Crippen LogP contribution in [0.2, 0.25) is 0 Å². The molecule has 0 fully saturated rings. The number of carbonyl (C=O) groups excluding carboxylic acids is 1. The van der Waals surface area contributed by atoms with E-state index in [4.69, 9.17) is 10.5 Å². The molecule has 0 spiro atoms. The van der Waals surface area contributed by atoms with Crippen LogP contribution in [-0.2, 0) is 4.74 Å². The van der Waals surface area contributed by atoms with Crippen LogP contribution in [0.1, 0.15) is 28.2 Å². The number of nitrogens with zero attached hydrogens (tertiary/aromatic N) is 1. The number of hydrogen-bond donors (Lipinski definition) is 2. The monoisotopic (exact) mass is 251 g/mol. The largest absolute Gasteiger partial charge is 0.383 e. The molecule has 0 aromatic carbocycles. The average Bonchev–Trinajstić information content (AvgIpc) is 2.29. The molecule has 0 aliphatic carbocycles. The molecule has 5 nitrogen and oxygen atoms in total. The molecular weight excluding hydrogens is 230 g/mol. The van der Waals surface area contributed by atoms with E-state index in [9.17, 15) is 4.79 Å². The lowest BCUT2D eigenvalue weighted by Crippen LogP contribution is -2.33. The predicted octanol–water partition coefficient (Wildman–Crippen LogP) is 0.792. The van der Waals surface area contributed by atoms with E-state index in [0.29, 0.717) is 25.1 Å². The molecule has 100 valence electrons. The maximum atomic E-state index is 11.9. The molecule has 0 bridgehead atoms. The van der Waals surface area contributed by atoms with E-state index >= 15 is 0 Å². The van der Waals surface area contributed by atoms with Gasteiger partial charge in [-0.3, -0.25) is 9.78 Å². The second-order valence-electron chi connectivity index (χ2n) is 4.35. The van der Waals surface area contributed by atoms with Gasteiger partial charge >= 0.3 is 0 Å². The van der Waals surface area contributed by atoms with Crippen LogP contribution < -0.4 is 11.1 Å². The van der Waals surface area contributed by atoms with E-state index in [2.05, 4.69) is 10.3 Å². The Morgan fingerprint density at radius 3 is 2.83 bits per heavy atom. The lowest BCUT2D eigenvalue weighted by Gasteiger charge is -2.11. The summed E-state index contributed by atoms with van der Waals surface area (Å²) in [4.78, 5) is 16.2. The fourth-order valence-corrected chi connectivity index (χ4v) is 1.69. The Bertz CT molecular complexity index is 407. The van der Waals surface area contributed by atoms with E-state index < -0.39 is 0 Å². The van der Waals surface area contributed by atoms with Gasteiger partial charge in [-0.1, -0.05) is 0 Å². The van der Waals surface area contributed by atoms with Crippen molar-refractivity contribution in [2.75, 3.05) is 20.3 Å². The third kappa shape index (κ3) is 4.43. The van der Waals surface area contributed by atoms with E-state index in [1.807, 2.05) is 19.9 Å². The van der Waals surface area contributed by atoms with Crippen molar-refractivity contribution < 1.29 is 9.53 Å². The third-order valence-electron chi connectivity index (χ3n) is 2.65. The van der Waals surface area contributed by atoms with Crippen molar-refractivity contribution in [3.63, 3.8) is 0 Å². The SMILES string of the molecule is COCC(N)CCNC(=O)c1ccc(C)nc1C. The zero-order chi connectivity index (χ0) is 13.5. The highest BCUT2D eigenvalue weighted by Crippen LogP contribution is 2.06. The molecule has 0 saturated carbocycles. The van der Waals surface area contributed by atoms with Crippen LogP contribution >= 0.6 is 0 Å². The fraction of sp³-hybridized carbons (Fsp3) is 0.538. The third-order valence-corrected chi connectivity index (χ3v) is 2.65. The molecule has 0 radical (unpaired) electrons. The van der Waals surface area contributed by atoms with Gasteiger partial charge in [0.05, 0.1) is 17.9 Å². The number of hydrogen-bond acceptors (Lipinski definition) is 4. The first-order chi connectivity index (χ1) is 8.54. The first-order valence-electron chi connectivity index (χ1n) is 6.01. The van der Waals surface area contributed by atoms with Gasteiger partial charge in [-0.2, -0.15) is 0 Å². The fourth-order valence-electron chi connectivity index (χ4n) is 1.69. The molecule has 1 amide bonds. The van der Waals surface area contributed by atoms with Gasteiger partial charge in [-0.25, -0.2) is 0 Å². The number of amides is 1. The summed E-state index contributed by atoms with van der Waals surface area (Å²) in [5.41, 5.74) is 8.03. The van der Waals surface area contributed by atoms with Gasteiger partial charge in [0.1, 0.15) is 0 Å². The van der Waals surface area contributed by atoms with Crippen molar-refractivity contribution in [3.8, 4) is 0 Å². The highest BCUT2D eigenvalue weighted by Gasteiger charge is 2.10. The molecule has 1 unspecified atom stereocenters. The zero-order valence-corrected chi connectivity index (χ0v) is 11.2. The molecule has 1 aromatic heterocycles. The number of rotatable bonds is 6. The summed E-state index contributed by atoms with van der Waals surface area (Å²) in [7, 11) is 1.61. The van der Waals surface area contributed by atoms with Crippen LogP contribution in [0.15, 0.2) is 12.1 Å².